The minimum Gasteiger partial charge on any atom is -0.466 e. The first-order valence-corrected chi connectivity index (χ1v) is 12.8. The van der Waals surface area contributed by atoms with Gasteiger partial charge in [0.2, 0.25) is 11.8 Å². The first-order valence-electron chi connectivity index (χ1n) is 11.9. The van der Waals surface area contributed by atoms with Crippen molar-refractivity contribution in [1.82, 2.24) is 10.2 Å². The van der Waals surface area contributed by atoms with Gasteiger partial charge in [-0.2, -0.15) is 0 Å². The summed E-state index contributed by atoms with van der Waals surface area (Å²) in [6.07, 6.45) is 1.20. The van der Waals surface area contributed by atoms with Gasteiger partial charge in [-0.1, -0.05) is 37.3 Å². The number of rotatable bonds is 8. The highest BCUT2D eigenvalue weighted by molar-refractivity contribution is 8.02. The number of thioether (sulfide) groups is 1. The Balaban J connectivity index is 1.78. The summed E-state index contributed by atoms with van der Waals surface area (Å²) in [6.45, 7) is 7.63. The van der Waals surface area contributed by atoms with E-state index in [1.807, 2.05) is 44.2 Å². The van der Waals surface area contributed by atoms with E-state index in [0.29, 0.717) is 6.42 Å². The SMILES string of the molecule is CCOC(=O)[C@@H]1[C@@H]2CC(C)C3(S2)C(C(=O)NC(C)C)N([C@@H](CO)Cc2ccccc2)C(=O)[C@H]13. The smallest absolute Gasteiger partial charge is 0.310 e. The summed E-state index contributed by atoms with van der Waals surface area (Å²) in [5.41, 5.74) is 0.980. The van der Waals surface area contributed by atoms with Crippen LogP contribution in [0.3, 0.4) is 0 Å². The average Bonchev–Trinajstić information content (AvgIpc) is 3.36. The Hall–Kier alpha value is -2.06. The van der Waals surface area contributed by atoms with Gasteiger partial charge in [-0.05, 0) is 45.1 Å². The van der Waals surface area contributed by atoms with Crippen molar-refractivity contribution < 1.29 is 24.2 Å². The van der Waals surface area contributed by atoms with Crippen LogP contribution in [0.15, 0.2) is 30.3 Å². The Morgan fingerprint density at radius 3 is 2.61 bits per heavy atom. The van der Waals surface area contributed by atoms with E-state index < -0.39 is 28.7 Å². The van der Waals surface area contributed by atoms with Gasteiger partial charge in [0.05, 0.1) is 35.8 Å². The number of aliphatic hydroxyl groups is 1. The molecule has 3 saturated heterocycles. The zero-order valence-corrected chi connectivity index (χ0v) is 20.5. The van der Waals surface area contributed by atoms with E-state index in [-0.39, 0.29) is 48.2 Å². The summed E-state index contributed by atoms with van der Waals surface area (Å²) in [4.78, 5) is 42.2. The normalized spacial score (nSPS) is 33.3. The fourth-order valence-electron chi connectivity index (χ4n) is 6.16. The van der Waals surface area contributed by atoms with Gasteiger partial charge in [-0.25, -0.2) is 0 Å². The molecule has 0 aliphatic carbocycles. The van der Waals surface area contributed by atoms with Crippen LogP contribution in [0.1, 0.15) is 39.7 Å². The number of fused-ring (bicyclic) bond motifs is 1. The second-order valence-electron chi connectivity index (χ2n) is 9.74. The lowest BCUT2D eigenvalue weighted by Crippen LogP contribution is -2.59. The lowest BCUT2D eigenvalue weighted by atomic mass is 9.66. The van der Waals surface area contributed by atoms with Crippen LogP contribution in [0.5, 0.6) is 0 Å². The molecule has 3 heterocycles. The molecule has 2 bridgehead atoms. The van der Waals surface area contributed by atoms with Crippen molar-refractivity contribution >= 4 is 29.5 Å². The Labute approximate surface area is 199 Å². The van der Waals surface area contributed by atoms with Crippen LogP contribution < -0.4 is 5.32 Å². The molecule has 3 fully saturated rings. The van der Waals surface area contributed by atoms with Crippen molar-refractivity contribution in [3.05, 3.63) is 35.9 Å². The molecule has 0 aromatic heterocycles. The summed E-state index contributed by atoms with van der Waals surface area (Å²) < 4.78 is 4.67. The predicted octanol–water partition coefficient (Wildman–Crippen LogP) is 2.01. The molecule has 2 N–H and O–H groups in total. The fraction of sp³-hybridized carbons (Fsp3) is 0.640. The van der Waals surface area contributed by atoms with Gasteiger partial charge >= 0.3 is 5.97 Å². The maximum absolute atomic E-state index is 14.0. The molecule has 180 valence electrons. The lowest BCUT2D eigenvalue weighted by Gasteiger charge is -2.40. The summed E-state index contributed by atoms with van der Waals surface area (Å²) in [5.74, 6) is -1.88. The van der Waals surface area contributed by atoms with Crippen LogP contribution >= 0.6 is 11.8 Å². The van der Waals surface area contributed by atoms with Gasteiger partial charge in [0, 0.05) is 11.3 Å². The molecule has 3 unspecified atom stereocenters. The third-order valence-electron chi connectivity index (χ3n) is 7.34. The topological polar surface area (TPSA) is 95.9 Å². The van der Waals surface area contributed by atoms with Gasteiger partial charge < -0.3 is 20.1 Å². The molecule has 1 aromatic carbocycles. The summed E-state index contributed by atoms with van der Waals surface area (Å²) >= 11 is 1.62. The van der Waals surface area contributed by atoms with Gasteiger partial charge in [-0.3, -0.25) is 14.4 Å². The Morgan fingerprint density at radius 2 is 2.00 bits per heavy atom. The van der Waals surface area contributed by atoms with Gasteiger partial charge in [0.25, 0.3) is 0 Å². The first kappa shape index (κ1) is 24.1. The van der Waals surface area contributed by atoms with Gasteiger partial charge in [0.15, 0.2) is 0 Å². The first-order chi connectivity index (χ1) is 15.8. The van der Waals surface area contributed by atoms with Crippen LogP contribution in [0.4, 0.5) is 0 Å². The van der Waals surface area contributed by atoms with Gasteiger partial charge in [0.1, 0.15) is 6.04 Å². The highest BCUT2D eigenvalue weighted by Gasteiger charge is 2.76. The van der Waals surface area contributed by atoms with E-state index >= 15 is 0 Å². The highest BCUT2D eigenvalue weighted by Crippen LogP contribution is 2.68. The molecule has 0 saturated carbocycles. The third-order valence-corrected chi connectivity index (χ3v) is 9.42. The Morgan fingerprint density at radius 1 is 1.30 bits per heavy atom. The molecule has 8 heteroatoms. The molecule has 33 heavy (non-hydrogen) atoms. The van der Waals surface area contributed by atoms with Crippen molar-refractivity contribution in [3.63, 3.8) is 0 Å². The van der Waals surface area contributed by atoms with Crippen molar-refractivity contribution in [2.45, 2.75) is 68.7 Å². The standard InChI is InChI=1S/C25H34N2O5S/c1-5-32-24(31)19-18-11-15(4)25(33-18)20(19)23(30)27(21(25)22(29)26-14(2)3)17(13-28)12-16-9-7-6-8-10-16/h6-10,14-15,17-21,28H,5,11-13H2,1-4H3,(H,26,29)/t15?,17-,18+,19-,20+,21?,25?/m1/s1. The predicted molar refractivity (Wildman–Crippen MR) is 126 cm³/mol. The number of nitrogens with one attached hydrogen (secondary N) is 1. The number of likely N-dealkylation sites (tertiary alicyclic amines) is 1. The molecular formula is C25H34N2O5S. The zero-order valence-electron chi connectivity index (χ0n) is 19.7. The number of aliphatic hydroxyl groups excluding tert-OH is 1. The third kappa shape index (κ3) is 3.85. The minimum atomic E-state index is -0.748. The molecule has 7 atom stereocenters. The van der Waals surface area contributed by atoms with E-state index in [9.17, 15) is 19.5 Å². The lowest BCUT2D eigenvalue weighted by molar-refractivity contribution is -0.154. The van der Waals surface area contributed by atoms with Crippen LogP contribution in [-0.4, -0.2) is 69.1 Å². The largest absolute Gasteiger partial charge is 0.466 e. The molecule has 3 aliphatic heterocycles. The quantitative estimate of drug-likeness (QED) is 0.560. The number of hydrogen-bond donors (Lipinski definition) is 2. The minimum absolute atomic E-state index is 0.0359. The molecule has 1 aromatic rings. The second-order valence-corrected chi connectivity index (χ2v) is 11.3. The maximum Gasteiger partial charge on any atom is 0.310 e. The Kier molecular flexibility index (Phi) is 6.78. The molecule has 2 amide bonds. The van der Waals surface area contributed by atoms with Crippen LogP contribution in [-0.2, 0) is 25.5 Å². The van der Waals surface area contributed by atoms with Crippen molar-refractivity contribution in [2.75, 3.05) is 13.2 Å². The van der Waals surface area contributed by atoms with E-state index in [2.05, 4.69) is 12.2 Å². The molecule has 7 nitrogen and oxygen atoms in total. The monoisotopic (exact) mass is 474 g/mol. The van der Waals surface area contributed by atoms with Crippen molar-refractivity contribution in [1.29, 1.82) is 0 Å². The number of benzene rings is 1. The molecule has 3 aliphatic rings. The number of amides is 2. The molecule has 0 radical (unpaired) electrons. The van der Waals surface area contributed by atoms with E-state index in [1.165, 1.54) is 0 Å². The highest BCUT2D eigenvalue weighted by atomic mass is 32.2. The number of hydrogen-bond acceptors (Lipinski definition) is 6. The molecular weight excluding hydrogens is 440 g/mol. The van der Waals surface area contributed by atoms with Gasteiger partial charge in [-0.15, -0.1) is 11.8 Å². The summed E-state index contributed by atoms with van der Waals surface area (Å²) in [6, 6.07) is 8.27. The van der Waals surface area contributed by atoms with E-state index in [0.717, 1.165) is 12.0 Å². The fourth-order valence-corrected chi connectivity index (χ4v) is 8.56. The van der Waals surface area contributed by atoms with Crippen LogP contribution in [0.25, 0.3) is 0 Å². The second kappa shape index (κ2) is 9.29. The van der Waals surface area contributed by atoms with Crippen LogP contribution in [0.2, 0.25) is 0 Å². The van der Waals surface area contributed by atoms with E-state index in [4.69, 9.17) is 4.74 Å². The number of esters is 1. The zero-order chi connectivity index (χ0) is 23.9. The molecule has 1 spiro atoms. The number of carbonyl (C=O) groups is 3. The maximum atomic E-state index is 14.0. The average molecular weight is 475 g/mol. The van der Waals surface area contributed by atoms with Crippen molar-refractivity contribution in [2.24, 2.45) is 17.8 Å². The van der Waals surface area contributed by atoms with E-state index in [1.54, 1.807) is 23.6 Å². The van der Waals surface area contributed by atoms with Crippen LogP contribution in [0, 0.1) is 17.8 Å². The number of nitrogens with zero attached hydrogens (tertiary/aromatic N) is 1. The summed E-state index contributed by atoms with van der Waals surface area (Å²) in [5, 5.41) is 13.4. The summed E-state index contributed by atoms with van der Waals surface area (Å²) in [7, 11) is 0. The number of ether oxygens (including phenoxy) is 1. The van der Waals surface area contributed by atoms with Crippen molar-refractivity contribution in [3.8, 4) is 0 Å². The Bertz CT molecular complexity index is 909. The number of carbonyl (C=O) groups excluding carboxylic acids is 3. The molecule has 4 rings (SSSR count).